The molecule has 0 saturated carbocycles. The second kappa shape index (κ2) is 4.76. The maximum Gasteiger partial charge on any atom is 0.125 e. The van der Waals surface area contributed by atoms with Crippen LogP contribution in [0.2, 0.25) is 0 Å². The predicted molar refractivity (Wildman–Crippen MR) is 73.2 cm³/mol. The molecule has 0 N–H and O–H groups in total. The van der Waals surface area contributed by atoms with Crippen molar-refractivity contribution in [3.63, 3.8) is 0 Å². The van der Waals surface area contributed by atoms with Gasteiger partial charge in [-0.2, -0.15) is 0 Å². The molecule has 1 aliphatic rings. The van der Waals surface area contributed by atoms with E-state index in [9.17, 15) is 4.39 Å². The minimum Gasteiger partial charge on any atom is -0.379 e. The van der Waals surface area contributed by atoms with Crippen molar-refractivity contribution in [2.75, 3.05) is 19.1 Å². The lowest BCUT2D eigenvalue weighted by molar-refractivity contribution is 0.162. The highest BCUT2D eigenvalue weighted by molar-refractivity contribution is 6.17. The average molecular weight is 283 g/mol. The number of fused-ring (bicyclic) bond motifs is 1. The third kappa shape index (κ3) is 2.13. The standard InChI is InChI=1S/C14H16ClFN2O/c1-14(5-7-19-9-14)18-12-8-10(16)2-3-11(12)17-13(18)4-6-15/h2-3,8H,4-7,9H2,1H3. The smallest absolute Gasteiger partial charge is 0.125 e. The largest absolute Gasteiger partial charge is 0.379 e. The predicted octanol–water partition coefficient (Wildman–Crippen LogP) is 3.09. The van der Waals surface area contributed by atoms with Crippen LogP contribution in [0.25, 0.3) is 11.0 Å². The fraction of sp³-hybridized carbons (Fsp3) is 0.500. The second-order valence-electron chi connectivity index (χ2n) is 5.23. The molecule has 3 rings (SSSR count). The highest BCUT2D eigenvalue weighted by Crippen LogP contribution is 2.32. The lowest BCUT2D eigenvalue weighted by Crippen LogP contribution is -2.32. The summed E-state index contributed by atoms with van der Waals surface area (Å²) in [5.41, 5.74) is 1.48. The third-order valence-corrected chi connectivity index (χ3v) is 3.93. The molecule has 1 saturated heterocycles. The summed E-state index contributed by atoms with van der Waals surface area (Å²) in [5, 5.41) is 0. The molecule has 0 radical (unpaired) electrons. The van der Waals surface area contributed by atoms with Gasteiger partial charge in [0.05, 0.1) is 23.2 Å². The molecule has 3 nitrogen and oxygen atoms in total. The summed E-state index contributed by atoms with van der Waals surface area (Å²) in [6, 6.07) is 4.71. The van der Waals surface area contributed by atoms with Gasteiger partial charge in [-0.3, -0.25) is 0 Å². The van der Waals surface area contributed by atoms with Crippen LogP contribution in [0.1, 0.15) is 19.2 Å². The molecule has 1 aromatic heterocycles. The van der Waals surface area contributed by atoms with Crippen LogP contribution < -0.4 is 0 Å². The molecule has 102 valence electrons. The number of rotatable bonds is 3. The molecule has 2 heterocycles. The van der Waals surface area contributed by atoms with Gasteiger partial charge in [0.15, 0.2) is 0 Å². The highest BCUT2D eigenvalue weighted by atomic mass is 35.5. The number of imidazole rings is 1. The Hall–Kier alpha value is -1.13. The molecule has 1 aliphatic heterocycles. The summed E-state index contributed by atoms with van der Waals surface area (Å²) in [6.45, 7) is 3.49. The molecule has 0 aliphatic carbocycles. The summed E-state index contributed by atoms with van der Waals surface area (Å²) in [5.74, 6) is 1.17. The molecule has 19 heavy (non-hydrogen) atoms. The number of ether oxygens (including phenoxy) is 1. The maximum atomic E-state index is 13.5. The number of hydrogen-bond donors (Lipinski definition) is 0. The van der Waals surface area contributed by atoms with Gasteiger partial charge in [0.2, 0.25) is 0 Å². The minimum absolute atomic E-state index is 0.163. The summed E-state index contributed by atoms with van der Waals surface area (Å²) < 4.78 is 21.2. The zero-order chi connectivity index (χ0) is 13.5. The minimum atomic E-state index is -0.242. The Balaban J connectivity index is 2.23. The quantitative estimate of drug-likeness (QED) is 0.809. The van der Waals surface area contributed by atoms with E-state index >= 15 is 0 Å². The van der Waals surface area contributed by atoms with Crippen LogP contribution in [0.5, 0.6) is 0 Å². The summed E-state index contributed by atoms with van der Waals surface area (Å²) in [4.78, 5) is 4.59. The topological polar surface area (TPSA) is 27.1 Å². The molecular weight excluding hydrogens is 267 g/mol. The second-order valence-corrected chi connectivity index (χ2v) is 5.61. The van der Waals surface area contributed by atoms with Gasteiger partial charge >= 0.3 is 0 Å². The van der Waals surface area contributed by atoms with E-state index in [0.29, 0.717) is 18.9 Å². The number of nitrogens with zero attached hydrogens (tertiary/aromatic N) is 2. The molecule has 1 atom stereocenters. The molecule has 0 spiro atoms. The molecule has 1 aromatic carbocycles. The van der Waals surface area contributed by atoms with Crippen molar-refractivity contribution in [1.29, 1.82) is 0 Å². The van der Waals surface area contributed by atoms with E-state index in [0.717, 1.165) is 29.9 Å². The molecule has 0 amide bonds. The van der Waals surface area contributed by atoms with Gasteiger partial charge in [0.1, 0.15) is 11.6 Å². The van der Waals surface area contributed by atoms with Crippen LogP contribution in [0.15, 0.2) is 18.2 Å². The number of aromatic nitrogens is 2. The van der Waals surface area contributed by atoms with E-state index < -0.39 is 0 Å². The Labute approximate surface area is 116 Å². The Morgan fingerprint density at radius 3 is 3.05 bits per heavy atom. The van der Waals surface area contributed by atoms with Crippen molar-refractivity contribution in [1.82, 2.24) is 9.55 Å². The Morgan fingerprint density at radius 1 is 1.53 bits per heavy atom. The van der Waals surface area contributed by atoms with Crippen LogP contribution in [-0.4, -0.2) is 28.6 Å². The van der Waals surface area contributed by atoms with Crippen LogP contribution >= 0.6 is 11.6 Å². The van der Waals surface area contributed by atoms with E-state index in [1.807, 2.05) is 0 Å². The van der Waals surface area contributed by atoms with E-state index in [-0.39, 0.29) is 11.4 Å². The van der Waals surface area contributed by atoms with E-state index in [2.05, 4.69) is 16.5 Å². The maximum absolute atomic E-state index is 13.5. The van der Waals surface area contributed by atoms with Crippen molar-refractivity contribution in [2.45, 2.75) is 25.3 Å². The molecule has 0 bridgehead atoms. The number of aryl methyl sites for hydroxylation is 1. The summed E-state index contributed by atoms with van der Waals surface area (Å²) >= 11 is 5.86. The van der Waals surface area contributed by atoms with Gasteiger partial charge in [0, 0.05) is 18.9 Å². The molecule has 5 heteroatoms. The fourth-order valence-electron chi connectivity index (χ4n) is 2.79. The molecule has 1 fully saturated rings. The van der Waals surface area contributed by atoms with Gasteiger partial charge in [-0.25, -0.2) is 9.37 Å². The Bertz CT molecular complexity index is 605. The normalized spacial score (nSPS) is 23.3. The highest BCUT2D eigenvalue weighted by Gasteiger charge is 2.34. The first-order valence-electron chi connectivity index (χ1n) is 6.45. The number of benzene rings is 1. The average Bonchev–Trinajstić information content (AvgIpc) is 2.94. The van der Waals surface area contributed by atoms with Gasteiger partial charge < -0.3 is 9.30 Å². The van der Waals surface area contributed by atoms with E-state index in [4.69, 9.17) is 16.3 Å². The SMILES string of the molecule is CC1(n2c(CCCl)nc3ccc(F)cc32)CCOC1. The number of halogens is 2. The molecule has 2 aromatic rings. The van der Waals surface area contributed by atoms with Crippen molar-refractivity contribution in [3.8, 4) is 0 Å². The first-order chi connectivity index (χ1) is 9.14. The first-order valence-corrected chi connectivity index (χ1v) is 6.98. The van der Waals surface area contributed by atoms with E-state index in [1.54, 1.807) is 12.1 Å². The lowest BCUT2D eigenvalue weighted by Gasteiger charge is -2.27. The van der Waals surface area contributed by atoms with Crippen molar-refractivity contribution in [3.05, 3.63) is 29.8 Å². The van der Waals surface area contributed by atoms with Gasteiger partial charge in [-0.1, -0.05) is 0 Å². The van der Waals surface area contributed by atoms with Crippen molar-refractivity contribution in [2.24, 2.45) is 0 Å². The van der Waals surface area contributed by atoms with Gasteiger partial charge in [0.25, 0.3) is 0 Å². The van der Waals surface area contributed by atoms with Crippen LogP contribution in [0.3, 0.4) is 0 Å². The van der Waals surface area contributed by atoms with Crippen molar-refractivity contribution < 1.29 is 9.13 Å². The summed E-state index contributed by atoms with van der Waals surface area (Å²) in [6.07, 6.45) is 1.58. The summed E-state index contributed by atoms with van der Waals surface area (Å²) in [7, 11) is 0. The zero-order valence-electron chi connectivity index (χ0n) is 10.8. The van der Waals surface area contributed by atoms with Crippen LogP contribution in [-0.2, 0) is 16.7 Å². The van der Waals surface area contributed by atoms with Crippen LogP contribution in [0.4, 0.5) is 4.39 Å². The Kier molecular flexibility index (Phi) is 3.23. The Morgan fingerprint density at radius 2 is 2.37 bits per heavy atom. The van der Waals surface area contributed by atoms with Gasteiger partial charge in [-0.15, -0.1) is 11.6 Å². The van der Waals surface area contributed by atoms with E-state index in [1.165, 1.54) is 6.07 Å². The van der Waals surface area contributed by atoms with Crippen molar-refractivity contribution >= 4 is 22.6 Å². The third-order valence-electron chi connectivity index (χ3n) is 3.74. The zero-order valence-corrected chi connectivity index (χ0v) is 11.6. The molecular formula is C14H16ClFN2O. The fourth-order valence-corrected chi connectivity index (χ4v) is 2.95. The lowest BCUT2D eigenvalue weighted by atomic mass is 10.0. The first kappa shape index (κ1) is 12.9. The number of alkyl halides is 1. The number of hydrogen-bond acceptors (Lipinski definition) is 2. The molecule has 1 unspecified atom stereocenters. The van der Waals surface area contributed by atoms with Crippen LogP contribution in [0, 0.1) is 5.82 Å². The van der Waals surface area contributed by atoms with Gasteiger partial charge in [-0.05, 0) is 31.5 Å². The monoisotopic (exact) mass is 282 g/mol.